The van der Waals surface area contributed by atoms with Gasteiger partial charge in [-0.25, -0.2) is 4.98 Å². The van der Waals surface area contributed by atoms with Crippen LogP contribution in [-0.4, -0.2) is 11.1 Å². The van der Waals surface area contributed by atoms with Crippen molar-refractivity contribution in [3.8, 4) is 0 Å². The van der Waals surface area contributed by atoms with E-state index in [1.807, 2.05) is 6.92 Å². The molecule has 2 rings (SSSR count). The monoisotopic (exact) mass is 273 g/mol. The SMILES string of the molecule is CCCC[C@@H]1OCc2nc(C(F)(F)F)ccc2[C@@H]1C. The molecular weight excluding hydrogens is 255 g/mol. The van der Waals surface area contributed by atoms with Crippen molar-refractivity contribution in [2.75, 3.05) is 0 Å². The molecule has 0 saturated carbocycles. The second-order valence-electron chi connectivity index (χ2n) is 5.01. The van der Waals surface area contributed by atoms with Crippen LogP contribution in [0.2, 0.25) is 0 Å². The first-order valence-corrected chi connectivity index (χ1v) is 6.62. The number of hydrogen-bond donors (Lipinski definition) is 0. The first-order valence-electron chi connectivity index (χ1n) is 6.62. The summed E-state index contributed by atoms with van der Waals surface area (Å²) < 4.78 is 43.4. The maximum absolute atomic E-state index is 12.6. The van der Waals surface area contributed by atoms with Gasteiger partial charge in [-0.1, -0.05) is 32.8 Å². The number of alkyl halides is 3. The smallest absolute Gasteiger partial charge is 0.371 e. The van der Waals surface area contributed by atoms with Crippen LogP contribution < -0.4 is 0 Å². The van der Waals surface area contributed by atoms with Gasteiger partial charge in [-0.15, -0.1) is 0 Å². The molecule has 0 aliphatic carbocycles. The number of fused-ring (bicyclic) bond motifs is 1. The van der Waals surface area contributed by atoms with E-state index in [0.29, 0.717) is 5.69 Å². The number of rotatable bonds is 3. The molecule has 1 aromatic heterocycles. The van der Waals surface area contributed by atoms with Gasteiger partial charge in [0.05, 0.1) is 18.4 Å². The Balaban J connectivity index is 2.21. The Bertz CT molecular complexity index is 445. The number of aromatic nitrogens is 1. The van der Waals surface area contributed by atoms with Crippen molar-refractivity contribution < 1.29 is 17.9 Å². The first-order chi connectivity index (χ1) is 8.93. The van der Waals surface area contributed by atoms with Gasteiger partial charge in [0.1, 0.15) is 5.69 Å². The van der Waals surface area contributed by atoms with E-state index in [4.69, 9.17) is 4.74 Å². The highest BCUT2D eigenvalue weighted by atomic mass is 19.4. The summed E-state index contributed by atoms with van der Waals surface area (Å²) in [6, 6.07) is 2.62. The van der Waals surface area contributed by atoms with E-state index in [1.165, 1.54) is 0 Å². The number of unbranched alkanes of at least 4 members (excludes halogenated alkanes) is 1. The molecule has 0 N–H and O–H groups in total. The highest BCUT2D eigenvalue weighted by molar-refractivity contribution is 5.29. The van der Waals surface area contributed by atoms with Crippen LogP contribution in [0.1, 0.15) is 56.0 Å². The molecule has 2 heterocycles. The highest BCUT2D eigenvalue weighted by Crippen LogP contribution is 2.35. The summed E-state index contributed by atoms with van der Waals surface area (Å²) in [7, 11) is 0. The van der Waals surface area contributed by atoms with E-state index in [2.05, 4.69) is 11.9 Å². The molecule has 19 heavy (non-hydrogen) atoms. The lowest BCUT2D eigenvalue weighted by molar-refractivity contribution is -0.141. The summed E-state index contributed by atoms with van der Waals surface area (Å²) in [5.74, 6) is 0.102. The van der Waals surface area contributed by atoms with Gasteiger partial charge in [0, 0.05) is 5.92 Å². The van der Waals surface area contributed by atoms with E-state index in [1.54, 1.807) is 6.07 Å². The molecule has 0 spiro atoms. The molecule has 0 saturated heterocycles. The fourth-order valence-corrected chi connectivity index (χ4v) is 2.47. The quantitative estimate of drug-likeness (QED) is 0.819. The van der Waals surface area contributed by atoms with Crippen molar-refractivity contribution in [2.45, 2.75) is 57.9 Å². The van der Waals surface area contributed by atoms with Crippen LogP contribution in [0.25, 0.3) is 0 Å². The summed E-state index contributed by atoms with van der Waals surface area (Å²) in [6.07, 6.45) is -1.20. The lowest BCUT2D eigenvalue weighted by atomic mass is 9.89. The normalized spacial score (nSPS) is 23.2. The Kier molecular flexibility index (Phi) is 4.13. The average molecular weight is 273 g/mol. The molecule has 5 heteroatoms. The van der Waals surface area contributed by atoms with Gasteiger partial charge in [0.25, 0.3) is 0 Å². The number of hydrogen-bond acceptors (Lipinski definition) is 2. The molecule has 1 aliphatic rings. The van der Waals surface area contributed by atoms with E-state index in [0.717, 1.165) is 30.9 Å². The molecule has 1 aromatic rings. The Morgan fingerprint density at radius 3 is 2.74 bits per heavy atom. The Morgan fingerprint density at radius 2 is 2.11 bits per heavy atom. The lowest BCUT2D eigenvalue weighted by Gasteiger charge is -2.31. The Morgan fingerprint density at radius 1 is 1.37 bits per heavy atom. The number of ether oxygens (including phenoxy) is 1. The first kappa shape index (κ1) is 14.3. The topological polar surface area (TPSA) is 22.1 Å². The number of pyridine rings is 1. The molecule has 0 bridgehead atoms. The minimum absolute atomic E-state index is 0.0889. The summed E-state index contributed by atoms with van der Waals surface area (Å²) in [5, 5.41) is 0. The van der Waals surface area contributed by atoms with Gasteiger partial charge < -0.3 is 4.74 Å². The standard InChI is InChI=1S/C14H18F3NO/c1-3-4-5-12-9(2)10-6-7-13(14(15,16)17)18-11(10)8-19-12/h6-7,9,12H,3-5,8H2,1-2H3/t9-,12-/m0/s1. The van der Waals surface area contributed by atoms with Gasteiger partial charge in [0.2, 0.25) is 0 Å². The summed E-state index contributed by atoms with van der Waals surface area (Å²) >= 11 is 0. The van der Waals surface area contributed by atoms with E-state index in [9.17, 15) is 13.2 Å². The highest BCUT2D eigenvalue weighted by Gasteiger charge is 2.35. The van der Waals surface area contributed by atoms with Crippen LogP contribution >= 0.6 is 0 Å². The largest absolute Gasteiger partial charge is 0.433 e. The van der Waals surface area contributed by atoms with Gasteiger partial charge in [-0.05, 0) is 18.1 Å². The third-order valence-electron chi connectivity index (χ3n) is 3.62. The Hall–Kier alpha value is -1.10. The predicted molar refractivity (Wildman–Crippen MR) is 65.8 cm³/mol. The zero-order valence-electron chi connectivity index (χ0n) is 11.1. The van der Waals surface area contributed by atoms with Crippen molar-refractivity contribution >= 4 is 0 Å². The fourth-order valence-electron chi connectivity index (χ4n) is 2.47. The van der Waals surface area contributed by atoms with E-state index in [-0.39, 0.29) is 18.6 Å². The molecule has 2 nitrogen and oxygen atoms in total. The Labute approximate surface area is 111 Å². The van der Waals surface area contributed by atoms with Crippen molar-refractivity contribution in [2.24, 2.45) is 0 Å². The van der Waals surface area contributed by atoms with Crippen LogP contribution in [0.15, 0.2) is 12.1 Å². The predicted octanol–water partition coefficient (Wildman–Crippen LogP) is 4.29. The van der Waals surface area contributed by atoms with Crippen LogP contribution in [0.3, 0.4) is 0 Å². The van der Waals surface area contributed by atoms with Gasteiger partial charge >= 0.3 is 6.18 Å². The molecular formula is C14H18F3NO. The van der Waals surface area contributed by atoms with Gasteiger partial charge in [-0.3, -0.25) is 0 Å². The number of nitrogens with zero attached hydrogens (tertiary/aromatic N) is 1. The van der Waals surface area contributed by atoms with E-state index >= 15 is 0 Å². The van der Waals surface area contributed by atoms with Crippen molar-refractivity contribution in [1.82, 2.24) is 4.98 Å². The second-order valence-corrected chi connectivity index (χ2v) is 5.01. The summed E-state index contributed by atoms with van der Waals surface area (Å²) in [5.41, 5.74) is 0.476. The summed E-state index contributed by atoms with van der Waals surface area (Å²) in [6.45, 7) is 4.28. The minimum Gasteiger partial charge on any atom is -0.371 e. The van der Waals surface area contributed by atoms with Crippen LogP contribution in [0, 0.1) is 0 Å². The van der Waals surface area contributed by atoms with Crippen LogP contribution in [0.4, 0.5) is 13.2 Å². The molecule has 0 fully saturated rings. The zero-order valence-corrected chi connectivity index (χ0v) is 11.1. The maximum Gasteiger partial charge on any atom is 0.433 e. The lowest BCUT2D eigenvalue weighted by Crippen LogP contribution is -2.27. The van der Waals surface area contributed by atoms with Crippen molar-refractivity contribution in [1.29, 1.82) is 0 Å². The third kappa shape index (κ3) is 3.08. The third-order valence-corrected chi connectivity index (χ3v) is 3.62. The molecule has 0 radical (unpaired) electrons. The summed E-state index contributed by atoms with van der Waals surface area (Å²) in [4.78, 5) is 3.70. The molecule has 0 aromatic carbocycles. The molecule has 0 unspecified atom stereocenters. The molecule has 1 aliphatic heterocycles. The fraction of sp³-hybridized carbons (Fsp3) is 0.643. The second kappa shape index (κ2) is 5.49. The van der Waals surface area contributed by atoms with Crippen LogP contribution in [0.5, 0.6) is 0 Å². The molecule has 0 amide bonds. The zero-order chi connectivity index (χ0) is 14.0. The number of halogens is 3. The van der Waals surface area contributed by atoms with Crippen molar-refractivity contribution in [3.05, 3.63) is 29.1 Å². The van der Waals surface area contributed by atoms with Crippen molar-refractivity contribution in [3.63, 3.8) is 0 Å². The molecule has 106 valence electrons. The maximum atomic E-state index is 12.6. The van der Waals surface area contributed by atoms with Gasteiger partial charge in [0.15, 0.2) is 0 Å². The minimum atomic E-state index is -4.39. The average Bonchev–Trinajstić information content (AvgIpc) is 2.36. The van der Waals surface area contributed by atoms with Gasteiger partial charge in [-0.2, -0.15) is 13.2 Å². The van der Waals surface area contributed by atoms with E-state index < -0.39 is 11.9 Å². The van der Waals surface area contributed by atoms with Crippen LogP contribution in [-0.2, 0) is 17.5 Å². The molecule has 2 atom stereocenters.